The maximum atomic E-state index is 12.6. The summed E-state index contributed by atoms with van der Waals surface area (Å²) in [5.41, 5.74) is -0.142. The quantitative estimate of drug-likeness (QED) is 0.879. The van der Waals surface area contributed by atoms with Crippen LogP contribution in [0.1, 0.15) is 50.5 Å². The Labute approximate surface area is 130 Å². The van der Waals surface area contributed by atoms with Gasteiger partial charge in [0.2, 0.25) is 5.91 Å². The van der Waals surface area contributed by atoms with Crippen LogP contribution in [0.2, 0.25) is 0 Å². The fourth-order valence-corrected chi connectivity index (χ4v) is 3.64. The van der Waals surface area contributed by atoms with Gasteiger partial charge in [0.1, 0.15) is 0 Å². The first kappa shape index (κ1) is 15.1. The number of carbonyl (C=O) groups excluding carboxylic acids is 1. The molecule has 118 valence electrons. The van der Waals surface area contributed by atoms with Crippen LogP contribution in [0.3, 0.4) is 0 Å². The highest BCUT2D eigenvalue weighted by molar-refractivity contribution is 5.91. The molecule has 22 heavy (non-hydrogen) atoms. The van der Waals surface area contributed by atoms with Crippen LogP contribution in [0.15, 0.2) is 30.3 Å². The first-order chi connectivity index (χ1) is 10.6. The van der Waals surface area contributed by atoms with Crippen molar-refractivity contribution < 1.29 is 14.7 Å². The Morgan fingerprint density at radius 1 is 1.00 bits per heavy atom. The average molecular weight is 301 g/mol. The highest BCUT2D eigenvalue weighted by Gasteiger charge is 2.52. The van der Waals surface area contributed by atoms with E-state index < -0.39 is 16.8 Å². The second-order valence-electron chi connectivity index (χ2n) is 6.78. The second-order valence-corrected chi connectivity index (χ2v) is 6.78. The van der Waals surface area contributed by atoms with Crippen molar-refractivity contribution in [3.8, 4) is 0 Å². The van der Waals surface area contributed by atoms with Crippen molar-refractivity contribution in [1.82, 2.24) is 5.32 Å². The third-order valence-corrected chi connectivity index (χ3v) is 5.36. The Morgan fingerprint density at radius 2 is 1.64 bits per heavy atom. The molecule has 0 radical (unpaired) electrons. The lowest BCUT2D eigenvalue weighted by atomic mass is 9.74. The Bertz CT molecular complexity index is 557. The Balaban J connectivity index is 1.68. The van der Waals surface area contributed by atoms with Crippen LogP contribution in [0, 0.1) is 5.41 Å². The van der Waals surface area contributed by atoms with Crippen LogP contribution in [0.5, 0.6) is 0 Å². The lowest BCUT2D eigenvalue weighted by molar-refractivity contribution is -0.151. The summed E-state index contributed by atoms with van der Waals surface area (Å²) in [6, 6.07) is 9.81. The van der Waals surface area contributed by atoms with Gasteiger partial charge in [-0.25, -0.2) is 0 Å². The molecule has 0 unspecified atom stereocenters. The van der Waals surface area contributed by atoms with Gasteiger partial charge in [-0.05, 0) is 31.2 Å². The molecule has 1 amide bonds. The molecule has 0 atom stereocenters. The molecular weight excluding hydrogens is 278 g/mol. The van der Waals surface area contributed by atoms with Crippen LogP contribution < -0.4 is 5.32 Å². The largest absolute Gasteiger partial charge is 0.481 e. The number of amides is 1. The minimum absolute atomic E-state index is 0.00935. The van der Waals surface area contributed by atoms with Gasteiger partial charge < -0.3 is 10.4 Å². The molecule has 0 saturated heterocycles. The van der Waals surface area contributed by atoms with Gasteiger partial charge in [-0.3, -0.25) is 9.59 Å². The van der Waals surface area contributed by atoms with Crippen molar-refractivity contribution >= 4 is 11.9 Å². The standard InChI is InChI=1S/C18H23NO3/c20-15(18(11-12-18)14-7-3-1-4-8-14)19-13-17(16(21)22)9-5-2-6-10-17/h1,3-4,7-8H,2,5-6,9-13H2,(H,19,20)(H,21,22). The molecule has 1 aromatic rings. The molecular formula is C18H23NO3. The molecule has 2 fully saturated rings. The predicted molar refractivity (Wildman–Crippen MR) is 83.5 cm³/mol. The minimum atomic E-state index is -0.767. The number of hydrogen-bond acceptors (Lipinski definition) is 2. The Morgan fingerprint density at radius 3 is 2.18 bits per heavy atom. The molecule has 4 nitrogen and oxygen atoms in total. The molecule has 2 saturated carbocycles. The summed E-state index contributed by atoms with van der Waals surface area (Å²) in [5.74, 6) is -0.776. The van der Waals surface area contributed by atoms with E-state index in [1.807, 2.05) is 30.3 Å². The molecule has 0 heterocycles. The predicted octanol–water partition coefficient (Wildman–Crippen LogP) is 2.87. The number of carboxylic acids is 1. The van der Waals surface area contributed by atoms with E-state index in [1.165, 1.54) is 0 Å². The molecule has 4 heteroatoms. The van der Waals surface area contributed by atoms with E-state index in [4.69, 9.17) is 0 Å². The van der Waals surface area contributed by atoms with E-state index in [1.54, 1.807) is 0 Å². The summed E-state index contributed by atoms with van der Waals surface area (Å²) in [6.45, 7) is 0.260. The van der Waals surface area contributed by atoms with Gasteiger partial charge in [0.25, 0.3) is 0 Å². The Hall–Kier alpha value is -1.84. The Kier molecular flexibility index (Phi) is 3.94. The summed E-state index contributed by atoms with van der Waals surface area (Å²) in [4.78, 5) is 24.3. The van der Waals surface area contributed by atoms with Crippen molar-refractivity contribution in [1.29, 1.82) is 0 Å². The first-order valence-electron chi connectivity index (χ1n) is 8.16. The first-order valence-corrected chi connectivity index (χ1v) is 8.16. The molecule has 1 aromatic carbocycles. The number of benzene rings is 1. The van der Waals surface area contributed by atoms with Gasteiger partial charge >= 0.3 is 5.97 Å². The van der Waals surface area contributed by atoms with Crippen LogP contribution in [0.25, 0.3) is 0 Å². The van der Waals surface area contributed by atoms with E-state index in [2.05, 4.69) is 5.32 Å². The molecule has 0 aromatic heterocycles. The molecule has 2 aliphatic carbocycles. The van der Waals surface area contributed by atoms with Gasteiger partial charge in [0.05, 0.1) is 10.8 Å². The number of aliphatic carboxylic acids is 1. The van der Waals surface area contributed by atoms with E-state index in [9.17, 15) is 14.7 Å². The summed E-state index contributed by atoms with van der Waals surface area (Å²) in [5, 5.41) is 12.5. The molecule has 0 aliphatic heterocycles. The number of carbonyl (C=O) groups is 2. The van der Waals surface area contributed by atoms with Crippen LogP contribution in [-0.2, 0) is 15.0 Å². The minimum Gasteiger partial charge on any atom is -0.481 e. The second kappa shape index (κ2) is 5.75. The highest BCUT2D eigenvalue weighted by Crippen LogP contribution is 2.48. The van der Waals surface area contributed by atoms with E-state index in [-0.39, 0.29) is 12.5 Å². The molecule has 0 spiro atoms. The third-order valence-electron chi connectivity index (χ3n) is 5.36. The van der Waals surface area contributed by atoms with Crippen molar-refractivity contribution in [2.45, 2.75) is 50.4 Å². The number of carboxylic acid groups (broad SMARTS) is 1. The lowest BCUT2D eigenvalue weighted by Gasteiger charge is -2.33. The van der Waals surface area contributed by atoms with Crippen molar-refractivity contribution in [3.63, 3.8) is 0 Å². The monoisotopic (exact) mass is 301 g/mol. The van der Waals surface area contributed by atoms with Gasteiger partial charge in [0.15, 0.2) is 0 Å². The SMILES string of the molecule is O=C(O)C1(CNC(=O)C2(c3ccccc3)CC2)CCCCC1. The van der Waals surface area contributed by atoms with Crippen LogP contribution in [-0.4, -0.2) is 23.5 Å². The molecule has 2 aliphatic rings. The van der Waals surface area contributed by atoms with Gasteiger partial charge in [0, 0.05) is 6.54 Å². The highest BCUT2D eigenvalue weighted by atomic mass is 16.4. The summed E-state index contributed by atoms with van der Waals surface area (Å²) < 4.78 is 0. The zero-order chi connectivity index (χ0) is 15.6. The van der Waals surface area contributed by atoms with E-state index in [0.717, 1.165) is 37.7 Å². The fraction of sp³-hybridized carbons (Fsp3) is 0.556. The van der Waals surface area contributed by atoms with Gasteiger partial charge in [-0.2, -0.15) is 0 Å². The zero-order valence-electron chi connectivity index (χ0n) is 12.8. The maximum absolute atomic E-state index is 12.6. The average Bonchev–Trinajstić information content (AvgIpc) is 3.36. The molecule has 0 bridgehead atoms. The zero-order valence-corrected chi connectivity index (χ0v) is 12.8. The third kappa shape index (κ3) is 2.62. The normalized spacial score (nSPS) is 21.8. The van der Waals surface area contributed by atoms with Gasteiger partial charge in [-0.15, -0.1) is 0 Å². The summed E-state index contributed by atoms with van der Waals surface area (Å²) in [7, 11) is 0. The van der Waals surface area contributed by atoms with E-state index >= 15 is 0 Å². The number of nitrogens with one attached hydrogen (secondary N) is 1. The van der Waals surface area contributed by atoms with Gasteiger partial charge in [-0.1, -0.05) is 49.6 Å². The number of rotatable bonds is 5. The maximum Gasteiger partial charge on any atom is 0.311 e. The number of hydrogen-bond donors (Lipinski definition) is 2. The van der Waals surface area contributed by atoms with Crippen molar-refractivity contribution in [2.24, 2.45) is 5.41 Å². The van der Waals surface area contributed by atoms with Crippen molar-refractivity contribution in [2.75, 3.05) is 6.54 Å². The topological polar surface area (TPSA) is 66.4 Å². The lowest BCUT2D eigenvalue weighted by Crippen LogP contribution is -2.47. The van der Waals surface area contributed by atoms with Crippen LogP contribution in [0.4, 0.5) is 0 Å². The smallest absolute Gasteiger partial charge is 0.311 e. The summed E-state index contributed by atoms with van der Waals surface area (Å²) >= 11 is 0. The summed E-state index contributed by atoms with van der Waals surface area (Å²) in [6.07, 6.45) is 6.00. The molecule has 2 N–H and O–H groups in total. The fourth-order valence-electron chi connectivity index (χ4n) is 3.64. The molecule has 3 rings (SSSR count). The van der Waals surface area contributed by atoms with E-state index in [0.29, 0.717) is 12.8 Å². The van der Waals surface area contributed by atoms with Crippen LogP contribution >= 0.6 is 0 Å². The van der Waals surface area contributed by atoms with Crippen molar-refractivity contribution in [3.05, 3.63) is 35.9 Å².